The second-order valence-corrected chi connectivity index (χ2v) is 5.66. The summed E-state index contributed by atoms with van der Waals surface area (Å²) in [6, 6.07) is -0.575. The number of aliphatic carboxylic acids is 1. The second-order valence-electron chi connectivity index (χ2n) is 5.66. The fraction of sp³-hybridized carbons (Fsp3) is 0.846. The number of nitrogens with one attached hydrogen (secondary N) is 1. The molecule has 1 rings (SSSR count). The van der Waals surface area contributed by atoms with Gasteiger partial charge in [0.2, 0.25) is 0 Å². The van der Waals surface area contributed by atoms with Crippen LogP contribution in [-0.2, 0) is 4.79 Å². The van der Waals surface area contributed by atoms with Crippen LogP contribution >= 0.6 is 0 Å². The SMILES string of the molecule is CC(NC(=O)N(C)CC1CCN(C)C1)C(C)C(=O)O. The van der Waals surface area contributed by atoms with Crippen LogP contribution < -0.4 is 5.32 Å². The van der Waals surface area contributed by atoms with Crippen molar-refractivity contribution >= 4 is 12.0 Å². The van der Waals surface area contributed by atoms with E-state index in [-0.39, 0.29) is 12.1 Å². The van der Waals surface area contributed by atoms with Gasteiger partial charge in [-0.1, -0.05) is 0 Å². The highest BCUT2D eigenvalue weighted by Gasteiger charge is 2.25. The number of amides is 2. The topological polar surface area (TPSA) is 72.9 Å². The molecule has 1 fully saturated rings. The third-order valence-electron chi connectivity index (χ3n) is 3.86. The monoisotopic (exact) mass is 271 g/mol. The van der Waals surface area contributed by atoms with Crippen LogP contribution in [0.2, 0.25) is 0 Å². The molecule has 0 saturated carbocycles. The Morgan fingerprint density at radius 1 is 1.47 bits per heavy atom. The fourth-order valence-corrected chi connectivity index (χ4v) is 2.29. The van der Waals surface area contributed by atoms with E-state index in [1.165, 1.54) is 0 Å². The summed E-state index contributed by atoms with van der Waals surface area (Å²) < 4.78 is 0. The molecule has 1 saturated heterocycles. The van der Waals surface area contributed by atoms with E-state index < -0.39 is 11.9 Å². The lowest BCUT2D eigenvalue weighted by Crippen LogP contribution is -2.47. The first-order chi connectivity index (χ1) is 8.81. The van der Waals surface area contributed by atoms with Crippen molar-refractivity contribution in [3.8, 4) is 0 Å². The van der Waals surface area contributed by atoms with Crippen molar-refractivity contribution in [3.05, 3.63) is 0 Å². The van der Waals surface area contributed by atoms with Gasteiger partial charge in [0.1, 0.15) is 0 Å². The predicted octanol–water partition coefficient (Wildman–Crippen LogP) is 0.689. The minimum atomic E-state index is -0.895. The molecule has 3 atom stereocenters. The molecular formula is C13H25N3O3. The first-order valence-electron chi connectivity index (χ1n) is 6.74. The van der Waals surface area contributed by atoms with E-state index in [4.69, 9.17) is 5.11 Å². The van der Waals surface area contributed by atoms with Crippen LogP contribution in [0.3, 0.4) is 0 Å². The minimum absolute atomic E-state index is 0.199. The Bertz CT molecular complexity index is 335. The maximum atomic E-state index is 12.0. The van der Waals surface area contributed by atoms with E-state index in [0.717, 1.165) is 19.5 Å². The Labute approximate surface area is 114 Å². The molecular weight excluding hydrogens is 246 g/mol. The molecule has 2 amide bonds. The van der Waals surface area contributed by atoms with Gasteiger partial charge in [-0.25, -0.2) is 4.79 Å². The smallest absolute Gasteiger partial charge is 0.317 e. The number of hydrogen-bond acceptors (Lipinski definition) is 3. The van der Waals surface area contributed by atoms with Gasteiger partial charge in [0.05, 0.1) is 5.92 Å². The molecule has 1 heterocycles. The molecule has 3 unspecified atom stereocenters. The molecule has 1 aliphatic rings. The standard InChI is InChI=1S/C13H25N3O3/c1-9(12(17)18)10(2)14-13(19)16(4)8-11-5-6-15(3)7-11/h9-11H,5-8H2,1-4H3,(H,14,19)(H,17,18). The van der Waals surface area contributed by atoms with Crippen LogP contribution in [0.5, 0.6) is 0 Å². The molecule has 0 aromatic carbocycles. The summed E-state index contributed by atoms with van der Waals surface area (Å²) in [5.74, 6) is -0.976. The van der Waals surface area contributed by atoms with Crippen molar-refractivity contribution in [2.45, 2.75) is 26.3 Å². The largest absolute Gasteiger partial charge is 0.481 e. The molecule has 1 aliphatic heterocycles. The first-order valence-corrected chi connectivity index (χ1v) is 6.74. The Morgan fingerprint density at radius 3 is 2.58 bits per heavy atom. The van der Waals surface area contributed by atoms with Crippen LogP contribution in [0, 0.1) is 11.8 Å². The lowest BCUT2D eigenvalue weighted by atomic mass is 10.0. The van der Waals surface area contributed by atoms with Crippen LogP contribution in [0.25, 0.3) is 0 Å². The maximum absolute atomic E-state index is 12.0. The average molecular weight is 271 g/mol. The lowest BCUT2D eigenvalue weighted by Gasteiger charge is -2.25. The summed E-state index contributed by atoms with van der Waals surface area (Å²) in [6.45, 7) is 6.11. The van der Waals surface area contributed by atoms with Crippen LogP contribution in [0.15, 0.2) is 0 Å². The van der Waals surface area contributed by atoms with E-state index >= 15 is 0 Å². The van der Waals surface area contributed by atoms with E-state index in [1.807, 2.05) is 0 Å². The summed E-state index contributed by atoms with van der Waals surface area (Å²) in [5.41, 5.74) is 0. The van der Waals surface area contributed by atoms with Gasteiger partial charge in [0.15, 0.2) is 0 Å². The Morgan fingerprint density at radius 2 is 2.11 bits per heavy atom. The van der Waals surface area contributed by atoms with Crippen molar-refractivity contribution in [3.63, 3.8) is 0 Å². The molecule has 6 nitrogen and oxygen atoms in total. The van der Waals surface area contributed by atoms with E-state index in [0.29, 0.717) is 12.5 Å². The molecule has 0 aliphatic carbocycles. The minimum Gasteiger partial charge on any atom is -0.481 e. The highest BCUT2D eigenvalue weighted by molar-refractivity contribution is 5.76. The van der Waals surface area contributed by atoms with Gasteiger partial charge in [0, 0.05) is 26.2 Å². The van der Waals surface area contributed by atoms with E-state index in [2.05, 4.69) is 17.3 Å². The number of urea groups is 1. The quantitative estimate of drug-likeness (QED) is 0.771. The third-order valence-corrected chi connectivity index (χ3v) is 3.86. The van der Waals surface area contributed by atoms with Gasteiger partial charge in [-0.05, 0) is 39.8 Å². The third kappa shape index (κ3) is 4.70. The van der Waals surface area contributed by atoms with Crippen molar-refractivity contribution in [2.24, 2.45) is 11.8 Å². The van der Waals surface area contributed by atoms with Gasteiger partial charge in [-0.3, -0.25) is 4.79 Å². The summed E-state index contributed by atoms with van der Waals surface area (Å²) in [5, 5.41) is 11.6. The zero-order valence-electron chi connectivity index (χ0n) is 12.2. The summed E-state index contributed by atoms with van der Waals surface area (Å²) in [7, 11) is 3.84. The number of carboxylic acid groups (broad SMARTS) is 1. The maximum Gasteiger partial charge on any atom is 0.317 e. The van der Waals surface area contributed by atoms with Gasteiger partial charge in [-0.15, -0.1) is 0 Å². The Hall–Kier alpha value is -1.30. The molecule has 0 radical (unpaired) electrons. The average Bonchev–Trinajstić information content (AvgIpc) is 2.73. The molecule has 19 heavy (non-hydrogen) atoms. The van der Waals surface area contributed by atoms with Crippen molar-refractivity contribution in [1.29, 1.82) is 0 Å². The molecule has 110 valence electrons. The Balaban J connectivity index is 2.38. The zero-order chi connectivity index (χ0) is 14.6. The number of carboxylic acids is 1. The molecule has 0 aromatic rings. The predicted molar refractivity (Wildman–Crippen MR) is 73.0 cm³/mol. The molecule has 0 aromatic heterocycles. The number of rotatable bonds is 5. The van der Waals surface area contributed by atoms with Crippen molar-refractivity contribution in [2.75, 3.05) is 33.7 Å². The number of hydrogen-bond donors (Lipinski definition) is 2. The van der Waals surface area contributed by atoms with Crippen LogP contribution in [0.4, 0.5) is 4.79 Å². The summed E-state index contributed by atoms with van der Waals surface area (Å²) >= 11 is 0. The number of carbonyl (C=O) groups excluding carboxylic acids is 1. The van der Waals surface area contributed by atoms with Gasteiger partial charge in [-0.2, -0.15) is 0 Å². The summed E-state index contributed by atoms with van der Waals surface area (Å²) in [6.07, 6.45) is 1.11. The number of nitrogens with zero attached hydrogens (tertiary/aromatic N) is 2. The Kier molecular flexibility index (Phi) is 5.60. The second kappa shape index (κ2) is 6.75. The molecule has 0 spiro atoms. The van der Waals surface area contributed by atoms with E-state index in [9.17, 15) is 9.59 Å². The fourth-order valence-electron chi connectivity index (χ4n) is 2.29. The van der Waals surface area contributed by atoms with Crippen LogP contribution in [-0.4, -0.2) is 66.7 Å². The lowest BCUT2D eigenvalue weighted by molar-refractivity contribution is -0.141. The van der Waals surface area contributed by atoms with Crippen LogP contribution in [0.1, 0.15) is 20.3 Å². The van der Waals surface area contributed by atoms with Crippen molar-refractivity contribution < 1.29 is 14.7 Å². The normalized spacial score (nSPS) is 22.8. The molecule has 6 heteroatoms. The molecule has 2 N–H and O–H groups in total. The van der Waals surface area contributed by atoms with Gasteiger partial charge in [0.25, 0.3) is 0 Å². The number of likely N-dealkylation sites (tertiary alicyclic amines) is 1. The van der Waals surface area contributed by atoms with Gasteiger partial charge < -0.3 is 20.2 Å². The highest BCUT2D eigenvalue weighted by atomic mass is 16.4. The van der Waals surface area contributed by atoms with E-state index in [1.54, 1.807) is 25.8 Å². The number of carbonyl (C=O) groups is 2. The van der Waals surface area contributed by atoms with Crippen molar-refractivity contribution in [1.82, 2.24) is 15.1 Å². The van der Waals surface area contributed by atoms with Gasteiger partial charge >= 0.3 is 12.0 Å². The zero-order valence-corrected chi connectivity index (χ0v) is 12.2. The first kappa shape index (κ1) is 15.8. The highest BCUT2D eigenvalue weighted by Crippen LogP contribution is 2.15. The molecule has 0 bridgehead atoms. The summed E-state index contributed by atoms with van der Waals surface area (Å²) in [4.78, 5) is 26.7.